The maximum atomic E-state index is 13.1. The fraction of sp³-hybridized carbons (Fsp3) is 0.312. The number of nitrogens with two attached hydrogens (primary N) is 1. The van der Waals surface area contributed by atoms with Crippen LogP contribution < -0.4 is 10.6 Å². The van der Waals surface area contributed by atoms with Gasteiger partial charge in [-0.05, 0) is 56.2 Å². The topological polar surface area (TPSA) is 42.2 Å². The lowest BCUT2D eigenvalue weighted by molar-refractivity contribution is 0.627. The zero-order chi connectivity index (χ0) is 14.5. The fourth-order valence-corrected chi connectivity index (χ4v) is 2.26. The van der Waals surface area contributed by atoms with Crippen LogP contribution in [0.5, 0.6) is 0 Å². The third-order valence-corrected chi connectivity index (χ3v) is 3.12. The molecule has 106 valence electrons. The van der Waals surface area contributed by atoms with Crippen molar-refractivity contribution in [3.8, 4) is 0 Å². The molecular weight excluding hydrogens is 253 g/mol. The smallest absolute Gasteiger partial charge is 0.136 e. The van der Waals surface area contributed by atoms with Crippen molar-refractivity contribution in [1.29, 1.82) is 0 Å². The molecule has 0 amide bonds. The summed E-state index contributed by atoms with van der Waals surface area (Å²) in [5.41, 5.74) is 7.93. The Balaban J connectivity index is 2.38. The molecule has 0 aliphatic heterocycles. The van der Waals surface area contributed by atoms with E-state index in [4.69, 9.17) is 5.73 Å². The molecule has 20 heavy (non-hydrogen) atoms. The quantitative estimate of drug-likeness (QED) is 0.909. The van der Waals surface area contributed by atoms with Crippen molar-refractivity contribution in [2.24, 2.45) is 5.73 Å². The van der Waals surface area contributed by atoms with Crippen LogP contribution in [0.15, 0.2) is 42.6 Å². The molecule has 1 atom stereocenters. The molecule has 1 unspecified atom stereocenters. The summed E-state index contributed by atoms with van der Waals surface area (Å²) in [6.07, 6.45) is 2.53. The maximum Gasteiger partial charge on any atom is 0.136 e. The highest BCUT2D eigenvalue weighted by Crippen LogP contribution is 2.27. The lowest BCUT2D eigenvalue weighted by Gasteiger charge is -2.25. The molecule has 0 spiro atoms. The Kier molecular flexibility index (Phi) is 4.69. The normalized spacial score (nSPS) is 12.2. The molecule has 0 bridgehead atoms. The van der Waals surface area contributed by atoms with Gasteiger partial charge in [-0.3, -0.25) is 0 Å². The summed E-state index contributed by atoms with van der Waals surface area (Å²) < 4.78 is 13.1. The zero-order valence-corrected chi connectivity index (χ0v) is 11.9. The minimum atomic E-state index is -0.235. The van der Waals surface area contributed by atoms with Crippen LogP contribution >= 0.6 is 0 Å². The largest absolute Gasteiger partial charge is 0.328 e. The summed E-state index contributed by atoms with van der Waals surface area (Å²) in [6, 6.07) is 10.5. The molecule has 1 aromatic carbocycles. The molecule has 0 aliphatic rings. The van der Waals surface area contributed by atoms with Crippen LogP contribution in [0.4, 0.5) is 15.9 Å². The van der Waals surface area contributed by atoms with Gasteiger partial charge >= 0.3 is 0 Å². The molecule has 3 nitrogen and oxygen atoms in total. The summed E-state index contributed by atoms with van der Waals surface area (Å²) in [5.74, 6) is 0.653. The molecule has 0 radical (unpaired) electrons. The van der Waals surface area contributed by atoms with E-state index in [1.807, 2.05) is 26.0 Å². The maximum absolute atomic E-state index is 13.1. The first-order valence-electron chi connectivity index (χ1n) is 6.84. The van der Waals surface area contributed by atoms with Crippen LogP contribution in [0, 0.1) is 5.82 Å². The Morgan fingerprint density at radius 2 is 1.95 bits per heavy atom. The molecule has 2 N–H and O–H groups in total. The van der Waals surface area contributed by atoms with E-state index in [-0.39, 0.29) is 11.9 Å². The molecule has 2 rings (SSSR count). The van der Waals surface area contributed by atoms with Gasteiger partial charge in [-0.15, -0.1) is 0 Å². The van der Waals surface area contributed by atoms with Crippen molar-refractivity contribution in [3.05, 3.63) is 54.0 Å². The fourth-order valence-electron chi connectivity index (χ4n) is 2.26. The number of rotatable bonds is 5. The van der Waals surface area contributed by atoms with Crippen LogP contribution in [0.25, 0.3) is 0 Å². The third-order valence-electron chi connectivity index (χ3n) is 3.12. The first-order valence-corrected chi connectivity index (χ1v) is 6.84. The van der Waals surface area contributed by atoms with Gasteiger partial charge in [0.05, 0.1) is 0 Å². The summed E-state index contributed by atoms with van der Waals surface area (Å²) in [7, 11) is 0. The number of benzene rings is 1. The van der Waals surface area contributed by atoms with Crippen molar-refractivity contribution in [2.45, 2.75) is 26.3 Å². The number of anilines is 2. The minimum absolute atomic E-state index is 0.0740. The predicted molar refractivity (Wildman–Crippen MR) is 80.7 cm³/mol. The lowest BCUT2D eigenvalue weighted by atomic mass is 10.1. The van der Waals surface area contributed by atoms with Gasteiger partial charge in [0.25, 0.3) is 0 Å². The summed E-state index contributed by atoms with van der Waals surface area (Å²) in [4.78, 5) is 6.54. The van der Waals surface area contributed by atoms with Crippen LogP contribution in [-0.2, 0) is 6.42 Å². The van der Waals surface area contributed by atoms with Crippen molar-refractivity contribution in [1.82, 2.24) is 4.98 Å². The number of hydrogen-bond acceptors (Lipinski definition) is 3. The summed E-state index contributed by atoms with van der Waals surface area (Å²) in [5, 5.41) is 0. The lowest BCUT2D eigenvalue weighted by Crippen LogP contribution is -2.23. The van der Waals surface area contributed by atoms with Gasteiger partial charge in [-0.1, -0.05) is 6.07 Å². The molecule has 0 fully saturated rings. The third kappa shape index (κ3) is 3.33. The highest BCUT2D eigenvalue weighted by Gasteiger charge is 2.14. The first-order chi connectivity index (χ1) is 9.61. The van der Waals surface area contributed by atoms with Gasteiger partial charge in [0.1, 0.15) is 11.6 Å². The summed E-state index contributed by atoms with van der Waals surface area (Å²) >= 11 is 0. The van der Waals surface area contributed by atoms with Gasteiger partial charge in [0, 0.05) is 24.5 Å². The molecular formula is C16H20FN3. The SMILES string of the molecule is CCN(c1ccc(F)cc1)c1ncccc1CC(C)N. The highest BCUT2D eigenvalue weighted by atomic mass is 19.1. The zero-order valence-electron chi connectivity index (χ0n) is 11.9. The molecule has 4 heteroatoms. The Hall–Kier alpha value is -1.94. The van der Waals surface area contributed by atoms with Crippen molar-refractivity contribution < 1.29 is 4.39 Å². The second kappa shape index (κ2) is 6.48. The van der Waals surface area contributed by atoms with E-state index < -0.39 is 0 Å². The molecule has 1 heterocycles. The second-order valence-corrected chi connectivity index (χ2v) is 4.89. The number of hydrogen-bond donors (Lipinski definition) is 1. The first kappa shape index (κ1) is 14.5. The Morgan fingerprint density at radius 1 is 1.25 bits per heavy atom. The minimum Gasteiger partial charge on any atom is -0.328 e. The molecule has 2 aromatic rings. The van der Waals surface area contributed by atoms with E-state index in [0.29, 0.717) is 0 Å². The Labute approximate surface area is 119 Å². The van der Waals surface area contributed by atoms with Gasteiger partial charge in [0.15, 0.2) is 0 Å². The van der Waals surface area contributed by atoms with E-state index in [1.54, 1.807) is 18.3 Å². The van der Waals surface area contributed by atoms with Crippen LogP contribution in [0.2, 0.25) is 0 Å². The van der Waals surface area contributed by atoms with Crippen LogP contribution in [0.1, 0.15) is 19.4 Å². The standard InChI is InChI=1S/C16H20FN3/c1-3-20(15-8-6-14(17)7-9-15)16-13(11-12(2)18)5-4-10-19-16/h4-10,12H,3,11,18H2,1-2H3. The average molecular weight is 273 g/mol. The molecule has 1 aromatic heterocycles. The Bertz CT molecular complexity index is 552. The predicted octanol–water partition coefficient (Wildman–Crippen LogP) is 3.27. The molecule has 0 aliphatic carbocycles. The monoisotopic (exact) mass is 273 g/mol. The average Bonchev–Trinajstić information content (AvgIpc) is 2.43. The van der Waals surface area contributed by atoms with Gasteiger partial charge in [-0.2, -0.15) is 0 Å². The van der Waals surface area contributed by atoms with Gasteiger partial charge in [0.2, 0.25) is 0 Å². The van der Waals surface area contributed by atoms with E-state index in [9.17, 15) is 4.39 Å². The van der Waals surface area contributed by atoms with Gasteiger partial charge in [-0.25, -0.2) is 9.37 Å². The molecule has 0 saturated carbocycles. The van der Waals surface area contributed by atoms with E-state index >= 15 is 0 Å². The summed E-state index contributed by atoms with van der Waals surface area (Å²) in [6.45, 7) is 4.78. The van der Waals surface area contributed by atoms with E-state index in [2.05, 4.69) is 9.88 Å². The Morgan fingerprint density at radius 3 is 2.55 bits per heavy atom. The van der Waals surface area contributed by atoms with Gasteiger partial charge < -0.3 is 10.6 Å². The number of aromatic nitrogens is 1. The number of nitrogens with zero attached hydrogens (tertiary/aromatic N) is 2. The number of halogens is 1. The molecule has 0 saturated heterocycles. The van der Waals surface area contributed by atoms with E-state index in [0.717, 1.165) is 30.0 Å². The van der Waals surface area contributed by atoms with Crippen molar-refractivity contribution >= 4 is 11.5 Å². The highest BCUT2D eigenvalue weighted by molar-refractivity contribution is 5.62. The van der Waals surface area contributed by atoms with Crippen molar-refractivity contribution in [2.75, 3.05) is 11.4 Å². The second-order valence-electron chi connectivity index (χ2n) is 4.89. The number of pyridine rings is 1. The van der Waals surface area contributed by atoms with Crippen molar-refractivity contribution in [3.63, 3.8) is 0 Å². The van der Waals surface area contributed by atoms with Crippen LogP contribution in [0.3, 0.4) is 0 Å². The van der Waals surface area contributed by atoms with E-state index in [1.165, 1.54) is 12.1 Å². The van der Waals surface area contributed by atoms with Crippen LogP contribution in [-0.4, -0.2) is 17.6 Å².